The molecule has 1 N–H and O–H groups in total. The molecule has 0 heterocycles. The van der Waals surface area contributed by atoms with Crippen LogP contribution in [0.25, 0.3) is 0 Å². The monoisotopic (exact) mass is 251 g/mol. The molecule has 0 fully saturated rings. The molecule has 2 atom stereocenters. The first kappa shape index (κ1) is 12.9. The number of alkyl halides is 1. The topological polar surface area (TPSA) is 12.0 Å². The molecule has 2 unspecified atom stereocenters. The van der Waals surface area contributed by atoms with Gasteiger partial charge in [-0.2, -0.15) is 0 Å². The van der Waals surface area contributed by atoms with Crippen LogP contribution in [-0.4, -0.2) is 11.9 Å². The van der Waals surface area contributed by atoms with E-state index in [-0.39, 0.29) is 5.38 Å². The number of rotatable bonds is 3. The summed E-state index contributed by atoms with van der Waals surface area (Å²) >= 11 is 6.43. The molecule has 1 aromatic carbocycles. The highest BCUT2D eigenvalue weighted by Crippen LogP contribution is 2.34. The minimum absolute atomic E-state index is 0.201. The minimum Gasteiger partial charge on any atom is -0.309 e. The van der Waals surface area contributed by atoms with Crippen molar-refractivity contribution in [2.24, 2.45) is 5.41 Å². The van der Waals surface area contributed by atoms with Gasteiger partial charge in [0, 0.05) is 6.04 Å². The fraction of sp³-hybridized carbons (Fsp3) is 0.600. The van der Waals surface area contributed by atoms with Gasteiger partial charge in [0.2, 0.25) is 0 Å². The van der Waals surface area contributed by atoms with E-state index in [1.54, 1.807) is 0 Å². The van der Waals surface area contributed by atoms with E-state index in [4.69, 9.17) is 11.6 Å². The van der Waals surface area contributed by atoms with Crippen molar-refractivity contribution in [3.63, 3.8) is 0 Å². The molecule has 1 aromatic rings. The molecule has 0 saturated carbocycles. The van der Waals surface area contributed by atoms with Gasteiger partial charge in [-0.25, -0.2) is 0 Å². The van der Waals surface area contributed by atoms with Gasteiger partial charge < -0.3 is 5.32 Å². The van der Waals surface area contributed by atoms with Gasteiger partial charge in [-0.1, -0.05) is 45.0 Å². The number of fused-ring (bicyclic) bond motifs is 1. The Morgan fingerprint density at radius 2 is 2.00 bits per heavy atom. The van der Waals surface area contributed by atoms with Crippen LogP contribution >= 0.6 is 11.6 Å². The summed E-state index contributed by atoms with van der Waals surface area (Å²) in [5.41, 5.74) is 3.18. The van der Waals surface area contributed by atoms with Gasteiger partial charge in [0.15, 0.2) is 0 Å². The lowest BCUT2D eigenvalue weighted by Crippen LogP contribution is -2.28. The Bertz CT molecular complexity index is 381. The van der Waals surface area contributed by atoms with E-state index in [1.165, 1.54) is 17.5 Å². The molecule has 1 nitrogen and oxygen atoms in total. The molecule has 0 spiro atoms. The Morgan fingerprint density at radius 1 is 1.29 bits per heavy atom. The molecular weight excluding hydrogens is 230 g/mol. The summed E-state index contributed by atoms with van der Waals surface area (Å²) in [4.78, 5) is 0. The molecule has 94 valence electrons. The third-order valence-corrected chi connectivity index (χ3v) is 3.81. The molecule has 0 amide bonds. The van der Waals surface area contributed by atoms with Crippen LogP contribution < -0.4 is 5.32 Å². The second kappa shape index (κ2) is 4.99. The SMILES string of the molecule is CC(C)(C)CCNC1c2ccccc2CC1Cl. The smallest absolute Gasteiger partial charge is 0.0571 e. The summed E-state index contributed by atoms with van der Waals surface area (Å²) in [6, 6.07) is 8.92. The van der Waals surface area contributed by atoms with Crippen LogP contribution in [0.5, 0.6) is 0 Å². The second-order valence-corrected chi connectivity index (χ2v) is 6.72. The maximum atomic E-state index is 6.43. The highest BCUT2D eigenvalue weighted by atomic mass is 35.5. The first-order chi connectivity index (χ1) is 7.97. The highest BCUT2D eigenvalue weighted by Gasteiger charge is 2.30. The Morgan fingerprint density at radius 3 is 2.71 bits per heavy atom. The van der Waals surface area contributed by atoms with Crippen molar-refractivity contribution in [3.8, 4) is 0 Å². The fourth-order valence-electron chi connectivity index (χ4n) is 2.39. The van der Waals surface area contributed by atoms with E-state index in [1.807, 2.05) is 0 Å². The van der Waals surface area contributed by atoms with Crippen LogP contribution in [0, 0.1) is 5.41 Å². The van der Waals surface area contributed by atoms with E-state index in [2.05, 4.69) is 50.4 Å². The summed E-state index contributed by atoms with van der Waals surface area (Å²) in [7, 11) is 0. The van der Waals surface area contributed by atoms with Crippen molar-refractivity contribution in [3.05, 3.63) is 35.4 Å². The molecule has 2 heteroatoms. The molecule has 1 aliphatic carbocycles. The Balaban J connectivity index is 1.97. The van der Waals surface area contributed by atoms with Crippen LogP contribution in [0.3, 0.4) is 0 Å². The number of halogens is 1. The maximum absolute atomic E-state index is 6.43. The van der Waals surface area contributed by atoms with Crippen molar-refractivity contribution in [1.29, 1.82) is 0 Å². The Kier molecular flexibility index (Phi) is 3.79. The van der Waals surface area contributed by atoms with Gasteiger partial charge >= 0.3 is 0 Å². The summed E-state index contributed by atoms with van der Waals surface area (Å²) in [6.07, 6.45) is 2.17. The molecule has 1 aliphatic rings. The van der Waals surface area contributed by atoms with Crippen molar-refractivity contribution in [1.82, 2.24) is 5.32 Å². The van der Waals surface area contributed by atoms with Gasteiger partial charge in [-0.3, -0.25) is 0 Å². The van der Waals surface area contributed by atoms with Crippen molar-refractivity contribution < 1.29 is 0 Å². The predicted octanol–water partition coefficient (Wildman–Crippen LogP) is 3.92. The van der Waals surface area contributed by atoms with Gasteiger partial charge in [-0.15, -0.1) is 11.6 Å². The number of hydrogen-bond acceptors (Lipinski definition) is 1. The fourth-order valence-corrected chi connectivity index (χ4v) is 2.78. The zero-order valence-corrected chi connectivity index (χ0v) is 11.7. The first-order valence-electron chi connectivity index (χ1n) is 6.43. The van der Waals surface area contributed by atoms with Crippen molar-refractivity contribution in [2.75, 3.05) is 6.54 Å². The summed E-state index contributed by atoms with van der Waals surface area (Å²) in [5.74, 6) is 0. The lowest BCUT2D eigenvalue weighted by Gasteiger charge is -2.22. The number of hydrogen-bond donors (Lipinski definition) is 1. The van der Waals surface area contributed by atoms with E-state index < -0.39 is 0 Å². The molecule has 0 bridgehead atoms. The lowest BCUT2D eigenvalue weighted by atomic mass is 9.92. The van der Waals surface area contributed by atoms with Crippen LogP contribution in [0.4, 0.5) is 0 Å². The molecule has 17 heavy (non-hydrogen) atoms. The average molecular weight is 252 g/mol. The highest BCUT2D eigenvalue weighted by molar-refractivity contribution is 6.21. The summed E-state index contributed by atoms with van der Waals surface area (Å²) in [6.45, 7) is 7.85. The summed E-state index contributed by atoms with van der Waals surface area (Å²) < 4.78 is 0. The third kappa shape index (κ3) is 3.23. The predicted molar refractivity (Wildman–Crippen MR) is 74.6 cm³/mol. The Labute approximate surface area is 110 Å². The number of benzene rings is 1. The second-order valence-electron chi connectivity index (χ2n) is 6.16. The normalized spacial score (nSPS) is 23.8. The minimum atomic E-state index is 0.201. The lowest BCUT2D eigenvalue weighted by molar-refractivity contribution is 0.355. The number of nitrogens with one attached hydrogen (secondary N) is 1. The van der Waals surface area contributed by atoms with Crippen molar-refractivity contribution in [2.45, 2.75) is 45.0 Å². The molecule has 0 aliphatic heterocycles. The van der Waals surface area contributed by atoms with Crippen molar-refractivity contribution >= 4 is 11.6 Å². The molecule has 0 aromatic heterocycles. The largest absolute Gasteiger partial charge is 0.309 e. The van der Waals surface area contributed by atoms with Gasteiger partial charge in [0.05, 0.1) is 5.38 Å². The average Bonchev–Trinajstić information content (AvgIpc) is 2.54. The Hall–Kier alpha value is -0.530. The zero-order valence-electron chi connectivity index (χ0n) is 11.0. The van der Waals surface area contributed by atoms with Crippen LogP contribution in [0.1, 0.15) is 44.4 Å². The van der Waals surface area contributed by atoms with Gasteiger partial charge in [0.1, 0.15) is 0 Å². The third-order valence-electron chi connectivity index (χ3n) is 3.41. The molecule has 0 radical (unpaired) electrons. The molecule has 0 saturated heterocycles. The first-order valence-corrected chi connectivity index (χ1v) is 6.86. The zero-order chi connectivity index (χ0) is 12.5. The van der Waals surface area contributed by atoms with Gasteiger partial charge in [0.25, 0.3) is 0 Å². The standard InChI is InChI=1S/C15H22ClN/c1-15(2,3)8-9-17-14-12-7-5-4-6-11(12)10-13(14)16/h4-7,13-14,17H,8-10H2,1-3H3. The van der Waals surface area contributed by atoms with Crippen LogP contribution in [0.15, 0.2) is 24.3 Å². The van der Waals surface area contributed by atoms with E-state index in [0.29, 0.717) is 11.5 Å². The molecule has 2 rings (SSSR count). The summed E-state index contributed by atoms with van der Waals surface area (Å²) in [5, 5.41) is 3.81. The van der Waals surface area contributed by atoms with E-state index >= 15 is 0 Å². The van der Waals surface area contributed by atoms with Crippen LogP contribution in [0.2, 0.25) is 0 Å². The van der Waals surface area contributed by atoms with Gasteiger partial charge in [-0.05, 0) is 35.9 Å². The quantitative estimate of drug-likeness (QED) is 0.803. The van der Waals surface area contributed by atoms with E-state index in [9.17, 15) is 0 Å². The maximum Gasteiger partial charge on any atom is 0.0571 e. The molecular formula is C15H22ClN. The van der Waals surface area contributed by atoms with Crippen LogP contribution in [-0.2, 0) is 6.42 Å². The van der Waals surface area contributed by atoms with E-state index in [0.717, 1.165) is 13.0 Å².